The number of hydrogen-bond acceptors (Lipinski definition) is 6. The van der Waals surface area contributed by atoms with Crippen molar-refractivity contribution in [2.75, 3.05) is 13.2 Å². The molecule has 0 unspecified atom stereocenters. The number of rotatable bonds is 8. The van der Waals surface area contributed by atoms with E-state index in [-0.39, 0.29) is 23.7 Å². The molecule has 3 N–H and O–H groups in total. The van der Waals surface area contributed by atoms with Gasteiger partial charge in [0, 0.05) is 5.56 Å². The Labute approximate surface area is 143 Å². The maximum absolute atomic E-state index is 11.3. The van der Waals surface area contributed by atoms with Crippen molar-refractivity contribution >= 4 is 21.8 Å². The zero-order valence-electron chi connectivity index (χ0n) is 12.9. The Morgan fingerprint density at radius 1 is 0.880 bits per heavy atom. The molecule has 132 valence electrons. The van der Waals surface area contributed by atoms with E-state index in [1.54, 1.807) is 0 Å². The Morgan fingerprint density at radius 2 is 1.32 bits per heavy atom. The number of hydrogen-bond donors (Lipinski definition) is 2. The van der Waals surface area contributed by atoms with E-state index >= 15 is 0 Å². The molecule has 0 fully saturated rings. The van der Waals surface area contributed by atoms with E-state index in [1.807, 2.05) is 0 Å². The number of carboxylic acid groups (broad SMARTS) is 1. The van der Waals surface area contributed by atoms with Crippen LogP contribution in [0.3, 0.4) is 0 Å². The highest BCUT2D eigenvalue weighted by atomic mass is 32.2. The monoisotopic (exact) mass is 365 g/mol. The van der Waals surface area contributed by atoms with Crippen LogP contribution in [0.1, 0.15) is 10.4 Å². The van der Waals surface area contributed by atoms with Crippen molar-refractivity contribution in [2.45, 2.75) is 4.90 Å². The largest absolute Gasteiger partial charge is 0.490 e. The normalized spacial score (nSPS) is 10.9. The summed E-state index contributed by atoms with van der Waals surface area (Å²) in [7, 11) is -3.74. The van der Waals surface area contributed by atoms with Gasteiger partial charge in [0.25, 0.3) is 5.78 Å². The van der Waals surface area contributed by atoms with Gasteiger partial charge >= 0.3 is 5.97 Å². The molecule has 2 aromatic carbocycles. The highest BCUT2D eigenvalue weighted by Crippen LogP contribution is 2.15. The lowest BCUT2D eigenvalue weighted by molar-refractivity contribution is -0.131. The molecule has 0 aliphatic heterocycles. The van der Waals surface area contributed by atoms with Crippen molar-refractivity contribution in [3.8, 4) is 11.5 Å². The van der Waals surface area contributed by atoms with Crippen LogP contribution in [0.25, 0.3) is 0 Å². The van der Waals surface area contributed by atoms with Gasteiger partial charge in [0.1, 0.15) is 24.7 Å². The first kappa shape index (κ1) is 18.4. The Morgan fingerprint density at radius 3 is 1.72 bits per heavy atom. The van der Waals surface area contributed by atoms with Gasteiger partial charge in [-0.25, -0.2) is 18.4 Å². The Hall–Kier alpha value is -2.91. The molecule has 25 heavy (non-hydrogen) atoms. The minimum absolute atomic E-state index is 0.00732. The summed E-state index contributed by atoms with van der Waals surface area (Å²) in [6.07, 6.45) is 0. The molecule has 0 heterocycles. The highest BCUT2D eigenvalue weighted by molar-refractivity contribution is 7.89. The molecule has 9 heteroatoms. The van der Waals surface area contributed by atoms with Crippen LogP contribution in [-0.4, -0.2) is 38.5 Å². The summed E-state index contributed by atoms with van der Waals surface area (Å²) in [6.45, 7) is 0.397. The minimum Gasteiger partial charge on any atom is -0.490 e. The first-order valence-electron chi connectivity index (χ1n) is 7.03. The fourth-order valence-corrected chi connectivity index (χ4v) is 2.39. The topological polar surface area (TPSA) is 133 Å². The summed E-state index contributed by atoms with van der Waals surface area (Å²) in [5.74, 6) is -1.60. The number of benzene rings is 2. The predicted molar refractivity (Wildman–Crippen MR) is 87.2 cm³/mol. The molecule has 2 rings (SSSR count). The fraction of sp³-hybridized carbons (Fsp3) is 0.125. The van der Waals surface area contributed by atoms with Gasteiger partial charge < -0.3 is 14.6 Å². The van der Waals surface area contributed by atoms with Crippen molar-refractivity contribution in [3.63, 3.8) is 0 Å². The van der Waals surface area contributed by atoms with Gasteiger partial charge in [-0.2, -0.15) is 0 Å². The fourth-order valence-electron chi connectivity index (χ4n) is 1.87. The molecular weight excluding hydrogens is 350 g/mol. The number of nitrogens with two attached hydrogens (primary N) is 1. The number of carbonyl (C=O) groups excluding carboxylic acids is 1. The zero-order chi connectivity index (χ0) is 18.4. The standard InChI is InChI=1S/C16H15NO7S/c17-25(21,22)14-7-5-13(6-8-14)24-10-9-23-12-3-1-11(2-4-12)15(18)16(19)20/h1-8H,9-10H2,(H,19,20)(H2,17,21,22). The summed E-state index contributed by atoms with van der Waals surface area (Å²) in [6, 6.07) is 11.3. The number of ketones is 1. The molecule has 0 aliphatic rings. The molecule has 0 aromatic heterocycles. The van der Waals surface area contributed by atoms with Gasteiger partial charge in [0.05, 0.1) is 4.90 Å². The molecule has 0 saturated carbocycles. The summed E-state index contributed by atoms with van der Waals surface area (Å²) >= 11 is 0. The average molecular weight is 365 g/mol. The van der Waals surface area contributed by atoms with Crippen molar-refractivity contribution in [1.29, 1.82) is 0 Å². The first-order valence-corrected chi connectivity index (χ1v) is 8.58. The second kappa shape index (κ2) is 7.77. The van der Waals surface area contributed by atoms with E-state index in [2.05, 4.69) is 0 Å². The van der Waals surface area contributed by atoms with Crippen molar-refractivity contribution < 1.29 is 32.6 Å². The summed E-state index contributed by atoms with van der Waals surface area (Å²) in [5.41, 5.74) is 0.0612. The average Bonchev–Trinajstić information content (AvgIpc) is 2.58. The van der Waals surface area contributed by atoms with Gasteiger partial charge in [-0.05, 0) is 48.5 Å². The number of aliphatic carboxylic acids is 1. The van der Waals surface area contributed by atoms with E-state index in [0.29, 0.717) is 11.5 Å². The van der Waals surface area contributed by atoms with Gasteiger partial charge in [-0.1, -0.05) is 0 Å². The van der Waals surface area contributed by atoms with Crippen LogP contribution in [0.2, 0.25) is 0 Å². The smallest absolute Gasteiger partial charge is 0.377 e. The zero-order valence-corrected chi connectivity index (χ0v) is 13.7. The molecule has 0 atom stereocenters. The Kier molecular flexibility index (Phi) is 5.73. The number of Topliss-reactive ketones (excluding diaryl/α,β-unsaturated/α-hetero) is 1. The molecule has 8 nitrogen and oxygen atoms in total. The first-order chi connectivity index (χ1) is 11.8. The summed E-state index contributed by atoms with van der Waals surface area (Å²) in [5, 5.41) is 13.6. The maximum atomic E-state index is 11.3. The van der Waals surface area contributed by atoms with E-state index in [0.717, 1.165) is 0 Å². The Bertz CT molecular complexity index is 858. The minimum atomic E-state index is -3.74. The second-order valence-corrected chi connectivity index (χ2v) is 6.43. The molecule has 0 spiro atoms. The van der Waals surface area contributed by atoms with Crippen LogP contribution in [0.4, 0.5) is 0 Å². The quantitative estimate of drug-likeness (QED) is 0.406. The highest BCUT2D eigenvalue weighted by Gasteiger charge is 2.13. The van der Waals surface area contributed by atoms with Crippen molar-refractivity contribution in [3.05, 3.63) is 54.1 Å². The van der Waals surface area contributed by atoms with Crippen LogP contribution in [-0.2, 0) is 14.8 Å². The van der Waals surface area contributed by atoms with Gasteiger partial charge in [-0.3, -0.25) is 4.79 Å². The lowest BCUT2D eigenvalue weighted by atomic mass is 10.1. The lowest BCUT2D eigenvalue weighted by Gasteiger charge is -2.09. The number of ether oxygens (including phenoxy) is 2. The van der Waals surface area contributed by atoms with Crippen LogP contribution >= 0.6 is 0 Å². The van der Waals surface area contributed by atoms with E-state index in [4.69, 9.17) is 19.7 Å². The molecular formula is C16H15NO7S. The third-order valence-electron chi connectivity index (χ3n) is 3.08. The van der Waals surface area contributed by atoms with Gasteiger partial charge in [0.15, 0.2) is 0 Å². The SMILES string of the molecule is NS(=O)(=O)c1ccc(OCCOc2ccc(C(=O)C(=O)O)cc2)cc1. The lowest BCUT2D eigenvalue weighted by Crippen LogP contribution is -2.13. The molecule has 0 aliphatic carbocycles. The van der Waals surface area contributed by atoms with Gasteiger partial charge in [0.2, 0.25) is 10.0 Å². The molecule has 0 bridgehead atoms. The van der Waals surface area contributed by atoms with Crippen LogP contribution < -0.4 is 14.6 Å². The van der Waals surface area contributed by atoms with E-state index in [1.165, 1.54) is 48.5 Å². The number of primary sulfonamides is 1. The van der Waals surface area contributed by atoms with E-state index in [9.17, 15) is 18.0 Å². The predicted octanol–water partition coefficient (Wildman–Crippen LogP) is 1.06. The number of carbonyl (C=O) groups is 2. The number of sulfonamides is 1. The summed E-state index contributed by atoms with van der Waals surface area (Å²) < 4.78 is 33.1. The van der Waals surface area contributed by atoms with Crippen LogP contribution in [0.5, 0.6) is 11.5 Å². The van der Waals surface area contributed by atoms with Gasteiger partial charge in [-0.15, -0.1) is 0 Å². The summed E-state index contributed by atoms with van der Waals surface area (Å²) in [4.78, 5) is 21.8. The number of carboxylic acids is 1. The maximum Gasteiger partial charge on any atom is 0.377 e. The molecule has 0 amide bonds. The third-order valence-corrected chi connectivity index (χ3v) is 4.01. The molecule has 0 radical (unpaired) electrons. The van der Waals surface area contributed by atoms with Crippen molar-refractivity contribution in [2.24, 2.45) is 5.14 Å². The van der Waals surface area contributed by atoms with Crippen LogP contribution in [0.15, 0.2) is 53.4 Å². The van der Waals surface area contributed by atoms with Crippen molar-refractivity contribution in [1.82, 2.24) is 0 Å². The molecule has 2 aromatic rings. The molecule has 0 saturated heterocycles. The Balaban J connectivity index is 1.81. The van der Waals surface area contributed by atoms with Crippen LogP contribution in [0, 0.1) is 0 Å². The van der Waals surface area contributed by atoms with E-state index < -0.39 is 21.8 Å². The second-order valence-electron chi connectivity index (χ2n) is 4.87. The third kappa shape index (κ3) is 5.30.